The van der Waals surface area contributed by atoms with Gasteiger partial charge in [-0.15, -0.1) is 0 Å². The first-order valence-corrected chi connectivity index (χ1v) is 10.2. The van der Waals surface area contributed by atoms with E-state index in [2.05, 4.69) is 4.98 Å². The van der Waals surface area contributed by atoms with E-state index in [-0.39, 0.29) is 31.2 Å². The summed E-state index contributed by atoms with van der Waals surface area (Å²) >= 11 is 6.01. The van der Waals surface area contributed by atoms with E-state index in [1.54, 1.807) is 30.3 Å². The minimum absolute atomic E-state index is 0.0787. The minimum Gasteiger partial charge on any atom is -0.383 e. The number of ether oxygens (including phenoxy) is 1. The molecule has 1 heterocycles. The molecule has 8 nitrogen and oxygen atoms in total. The molecule has 0 bridgehead atoms. The Morgan fingerprint density at radius 1 is 1.19 bits per heavy atom. The lowest BCUT2D eigenvalue weighted by atomic mass is 10.2. The van der Waals surface area contributed by atoms with Crippen LogP contribution in [0.1, 0.15) is 11.1 Å². The molecule has 3 aromatic rings. The molecule has 0 atom stereocenters. The topological polar surface area (TPSA) is 110 Å². The van der Waals surface area contributed by atoms with Crippen molar-refractivity contribution in [3.8, 4) is 0 Å². The number of carbonyl (C=O) groups excluding carboxylic acids is 1. The highest BCUT2D eigenvalue weighted by Gasteiger charge is 2.23. The van der Waals surface area contributed by atoms with Gasteiger partial charge in [-0.1, -0.05) is 54.1 Å². The van der Waals surface area contributed by atoms with E-state index in [0.717, 1.165) is 11.1 Å². The van der Waals surface area contributed by atoms with Crippen LogP contribution in [0.15, 0.2) is 70.3 Å². The summed E-state index contributed by atoms with van der Waals surface area (Å²) in [4.78, 5) is 41.7. The van der Waals surface area contributed by atoms with E-state index >= 15 is 0 Å². The number of methoxy groups -OCH3 is 1. The molecular formula is C23H23ClN4O4. The summed E-state index contributed by atoms with van der Waals surface area (Å²) in [5.41, 5.74) is 6.17. The molecule has 3 rings (SSSR count). The van der Waals surface area contributed by atoms with Gasteiger partial charge in [-0.2, -0.15) is 0 Å². The number of amides is 1. The van der Waals surface area contributed by atoms with Crippen LogP contribution in [0.3, 0.4) is 0 Å². The van der Waals surface area contributed by atoms with Gasteiger partial charge in [0.1, 0.15) is 5.82 Å². The zero-order valence-corrected chi connectivity index (χ0v) is 18.2. The van der Waals surface area contributed by atoms with Gasteiger partial charge in [0.05, 0.1) is 19.7 Å². The van der Waals surface area contributed by atoms with Gasteiger partial charge >= 0.3 is 5.69 Å². The third-order valence-corrected chi connectivity index (χ3v) is 4.95. The van der Waals surface area contributed by atoms with Crippen molar-refractivity contribution in [2.45, 2.75) is 13.1 Å². The predicted octanol–water partition coefficient (Wildman–Crippen LogP) is 2.67. The van der Waals surface area contributed by atoms with Crippen LogP contribution in [0.2, 0.25) is 5.02 Å². The molecule has 2 aromatic carbocycles. The first-order chi connectivity index (χ1) is 15.4. The number of H-pyrrole nitrogens is 1. The number of anilines is 2. The average Bonchev–Trinajstić information content (AvgIpc) is 2.77. The molecule has 0 aliphatic rings. The molecule has 1 amide bonds. The molecule has 9 heteroatoms. The van der Waals surface area contributed by atoms with Gasteiger partial charge in [0.2, 0.25) is 0 Å². The molecule has 1 aromatic heterocycles. The Kier molecular flexibility index (Phi) is 7.64. The molecule has 0 fully saturated rings. The number of benzene rings is 2. The van der Waals surface area contributed by atoms with E-state index in [1.807, 2.05) is 30.3 Å². The summed E-state index contributed by atoms with van der Waals surface area (Å²) in [6.45, 7) is 0.406. The molecule has 32 heavy (non-hydrogen) atoms. The van der Waals surface area contributed by atoms with Gasteiger partial charge in [0.25, 0.3) is 11.5 Å². The molecule has 0 spiro atoms. The zero-order chi connectivity index (χ0) is 23.1. The van der Waals surface area contributed by atoms with Gasteiger partial charge in [-0.05, 0) is 29.3 Å². The van der Waals surface area contributed by atoms with Gasteiger partial charge in [0, 0.05) is 18.2 Å². The van der Waals surface area contributed by atoms with Gasteiger partial charge < -0.3 is 10.5 Å². The molecule has 166 valence electrons. The van der Waals surface area contributed by atoms with Crippen LogP contribution in [-0.2, 0) is 22.6 Å². The highest BCUT2D eigenvalue weighted by molar-refractivity contribution is 6.30. The fourth-order valence-corrected chi connectivity index (χ4v) is 3.34. The smallest absolute Gasteiger partial charge is 0.330 e. The third kappa shape index (κ3) is 5.54. The zero-order valence-electron chi connectivity index (χ0n) is 17.5. The number of hydrogen-bond donors (Lipinski definition) is 2. The van der Waals surface area contributed by atoms with Crippen molar-refractivity contribution in [3.63, 3.8) is 0 Å². The maximum absolute atomic E-state index is 13.2. The van der Waals surface area contributed by atoms with Gasteiger partial charge in [-0.3, -0.25) is 24.0 Å². The van der Waals surface area contributed by atoms with Crippen LogP contribution in [-0.4, -0.2) is 29.2 Å². The first kappa shape index (κ1) is 23.1. The Balaban J connectivity index is 2.06. The molecule has 0 saturated carbocycles. The standard InChI is InChI=1S/C23H23ClN4O4/c1-32-13-12-27-21(25)20(22(30)26-23(27)31)28(15-17-6-3-2-4-7-17)19(29)11-10-16-8-5-9-18(24)14-16/h2-11,14H,12-13,15,25H2,1H3,(H,26,30,31)/b11-10+. The number of rotatable bonds is 8. The Morgan fingerprint density at radius 3 is 2.62 bits per heavy atom. The number of nitrogen functional groups attached to an aromatic ring is 1. The second kappa shape index (κ2) is 10.6. The second-order valence-electron chi connectivity index (χ2n) is 6.94. The summed E-state index contributed by atoms with van der Waals surface area (Å²) in [5.74, 6) is -0.598. The van der Waals surface area contributed by atoms with E-state index in [0.29, 0.717) is 5.02 Å². The summed E-state index contributed by atoms with van der Waals surface area (Å²) in [6.07, 6.45) is 2.93. The average molecular weight is 455 g/mol. The SMILES string of the molecule is COCCn1c(N)c(N(Cc2ccccc2)C(=O)/C=C/c2cccc(Cl)c2)c(=O)[nH]c1=O. The van der Waals surface area contributed by atoms with Gasteiger partial charge in [-0.25, -0.2) is 4.79 Å². The summed E-state index contributed by atoms with van der Waals surface area (Å²) in [6, 6.07) is 16.1. The molecule has 0 aliphatic carbocycles. The highest BCUT2D eigenvalue weighted by Crippen LogP contribution is 2.21. The van der Waals surface area contributed by atoms with Crippen LogP contribution < -0.4 is 21.9 Å². The Morgan fingerprint density at radius 2 is 1.94 bits per heavy atom. The Hall–Kier alpha value is -3.62. The third-order valence-electron chi connectivity index (χ3n) is 4.72. The molecule has 3 N–H and O–H groups in total. The molecular weight excluding hydrogens is 432 g/mol. The van der Waals surface area contributed by atoms with E-state index < -0.39 is 17.2 Å². The number of nitrogens with two attached hydrogens (primary N) is 1. The lowest BCUT2D eigenvalue weighted by Crippen LogP contribution is -2.40. The van der Waals surface area contributed by atoms with E-state index in [1.165, 1.54) is 22.7 Å². The normalized spacial score (nSPS) is 11.1. The van der Waals surface area contributed by atoms with E-state index in [4.69, 9.17) is 22.1 Å². The van der Waals surface area contributed by atoms with Crippen molar-refractivity contribution in [1.82, 2.24) is 9.55 Å². The minimum atomic E-state index is -0.749. The van der Waals surface area contributed by atoms with E-state index in [9.17, 15) is 14.4 Å². The number of nitrogens with zero attached hydrogens (tertiary/aromatic N) is 2. The van der Waals surface area contributed by atoms with Crippen molar-refractivity contribution in [3.05, 3.63) is 97.7 Å². The molecule has 0 saturated heterocycles. The summed E-state index contributed by atoms with van der Waals surface area (Å²) < 4.78 is 6.19. The quantitative estimate of drug-likeness (QED) is 0.508. The van der Waals surface area contributed by atoms with Crippen molar-refractivity contribution in [2.24, 2.45) is 0 Å². The number of aromatic amines is 1. The maximum atomic E-state index is 13.2. The first-order valence-electron chi connectivity index (χ1n) is 9.81. The van der Waals surface area contributed by atoms with Crippen LogP contribution in [0.25, 0.3) is 6.08 Å². The fourth-order valence-electron chi connectivity index (χ4n) is 3.14. The largest absolute Gasteiger partial charge is 0.383 e. The van der Waals surface area contributed by atoms with Crippen molar-refractivity contribution in [2.75, 3.05) is 24.4 Å². The monoisotopic (exact) mass is 454 g/mol. The molecule has 0 radical (unpaired) electrons. The predicted molar refractivity (Wildman–Crippen MR) is 126 cm³/mol. The highest BCUT2D eigenvalue weighted by atomic mass is 35.5. The number of hydrogen-bond acceptors (Lipinski definition) is 5. The number of halogens is 1. The van der Waals surface area contributed by atoms with Crippen LogP contribution >= 0.6 is 11.6 Å². The number of aromatic nitrogens is 2. The van der Waals surface area contributed by atoms with Crippen molar-refractivity contribution >= 4 is 35.1 Å². The Bertz CT molecular complexity index is 1230. The molecule has 0 aliphatic heterocycles. The van der Waals surface area contributed by atoms with Crippen molar-refractivity contribution in [1.29, 1.82) is 0 Å². The maximum Gasteiger partial charge on any atom is 0.330 e. The molecule has 0 unspecified atom stereocenters. The van der Waals surface area contributed by atoms with Crippen molar-refractivity contribution < 1.29 is 9.53 Å². The van der Waals surface area contributed by atoms with Gasteiger partial charge in [0.15, 0.2) is 5.69 Å². The second-order valence-corrected chi connectivity index (χ2v) is 7.37. The van der Waals surface area contributed by atoms with Crippen LogP contribution in [0.5, 0.6) is 0 Å². The fraction of sp³-hybridized carbons (Fsp3) is 0.174. The summed E-state index contributed by atoms with van der Waals surface area (Å²) in [5, 5.41) is 0.534. The summed E-state index contributed by atoms with van der Waals surface area (Å²) in [7, 11) is 1.49. The Labute approximate surface area is 189 Å². The lowest BCUT2D eigenvalue weighted by Gasteiger charge is -2.23. The number of nitrogens with one attached hydrogen (secondary N) is 1. The number of carbonyl (C=O) groups is 1. The van der Waals surface area contributed by atoms with Crippen LogP contribution in [0, 0.1) is 0 Å². The lowest BCUT2D eigenvalue weighted by molar-refractivity contribution is -0.114. The van der Waals surface area contributed by atoms with Crippen LogP contribution in [0.4, 0.5) is 11.5 Å².